The summed E-state index contributed by atoms with van der Waals surface area (Å²) in [5.74, 6) is 0.805. The van der Waals surface area contributed by atoms with Crippen molar-refractivity contribution < 1.29 is 9.53 Å². The van der Waals surface area contributed by atoms with E-state index in [1.54, 1.807) is 0 Å². The van der Waals surface area contributed by atoms with Gasteiger partial charge in [-0.15, -0.1) is 0 Å². The molecular weight excluding hydrogens is 240 g/mol. The van der Waals surface area contributed by atoms with Gasteiger partial charge in [-0.3, -0.25) is 4.79 Å². The molecule has 1 aromatic rings. The Morgan fingerprint density at radius 2 is 2.00 bits per heavy atom. The van der Waals surface area contributed by atoms with Crippen molar-refractivity contribution in [3.8, 4) is 5.75 Å². The molecule has 1 amide bonds. The summed E-state index contributed by atoms with van der Waals surface area (Å²) in [6.07, 6.45) is 1.27. The Labute approximate surface area is 115 Å². The van der Waals surface area contributed by atoms with E-state index in [0.717, 1.165) is 12.2 Å². The molecular formula is C15H24N2O2. The fraction of sp³-hybridized carbons (Fsp3) is 0.533. The maximum atomic E-state index is 11.7. The molecule has 4 nitrogen and oxygen atoms in total. The third kappa shape index (κ3) is 6.82. The van der Waals surface area contributed by atoms with Gasteiger partial charge in [0, 0.05) is 6.54 Å². The van der Waals surface area contributed by atoms with Crippen LogP contribution in [0.15, 0.2) is 30.3 Å². The molecule has 1 rings (SSSR count). The summed E-state index contributed by atoms with van der Waals surface area (Å²) in [5.41, 5.74) is 5.58. The highest BCUT2D eigenvalue weighted by Gasteiger charge is 2.17. The highest BCUT2D eigenvalue weighted by atomic mass is 16.5. The molecule has 3 N–H and O–H groups in total. The fourth-order valence-corrected chi connectivity index (χ4v) is 1.68. The Morgan fingerprint density at radius 3 is 2.63 bits per heavy atom. The van der Waals surface area contributed by atoms with Crippen LogP contribution in [0.4, 0.5) is 0 Å². The molecule has 4 heteroatoms. The average Bonchev–Trinajstić information content (AvgIpc) is 2.38. The number of nitrogens with two attached hydrogens (primary N) is 1. The van der Waals surface area contributed by atoms with Crippen molar-refractivity contribution in [1.82, 2.24) is 5.32 Å². The van der Waals surface area contributed by atoms with Crippen LogP contribution in [0, 0.1) is 5.41 Å². The van der Waals surface area contributed by atoms with E-state index in [1.807, 2.05) is 30.3 Å². The molecule has 1 aromatic carbocycles. The summed E-state index contributed by atoms with van der Waals surface area (Å²) in [5, 5.41) is 2.92. The van der Waals surface area contributed by atoms with Crippen LogP contribution >= 0.6 is 0 Å². The number of carbonyl (C=O) groups excluding carboxylic acids is 1. The number of amides is 1. The lowest BCUT2D eigenvalue weighted by Gasteiger charge is -2.24. The second kappa shape index (κ2) is 7.79. The van der Waals surface area contributed by atoms with Gasteiger partial charge in [0.1, 0.15) is 5.75 Å². The van der Waals surface area contributed by atoms with Crippen LogP contribution in [0.25, 0.3) is 0 Å². The molecule has 0 aromatic heterocycles. The molecule has 0 saturated heterocycles. The minimum absolute atomic E-state index is 0.0148. The zero-order valence-electron chi connectivity index (χ0n) is 11.8. The molecule has 0 aliphatic carbocycles. The van der Waals surface area contributed by atoms with Gasteiger partial charge < -0.3 is 15.8 Å². The van der Waals surface area contributed by atoms with Gasteiger partial charge in [-0.1, -0.05) is 32.0 Å². The predicted octanol–water partition coefficient (Wildman–Crippen LogP) is 1.95. The van der Waals surface area contributed by atoms with Crippen LogP contribution in [0.5, 0.6) is 5.75 Å². The van der Waals surface area contributed by atoms with Crippen LogP contribution in [0.2, 0.25) is 0 Å². The van der Waals surface area contributed by atoms with Gasteiger partial charge >= 0.3 is 0 Å². The first kappa shape index (κ1) is 15.5. The molecule has 0 atom stereocenters. The summed E-state index contributed by atoms with van der Waals surface area (Å²) < 4.78 is 5.48. The van der Waals surface area contributed by atoms with Gasteiger partial charge in [0.05, 0.1) is 13.0 Å². The molecule has 0 aliphatic rings. The zero-order chi connectivity index (χ0) is 14.1. The largest absolute Gasteiger partial charge is 0.493 e. The number of benzene rings is 1. The van der Waals surface area contributed by atoms with Crippen LogP contribution in [0.3, 0.4) is 0 Å². The molecule has 0 bridgehead atoms. The summed E-state index contributed by atoms with van der Waals surface area (Å²) in [6, 6.07) is 9.50. The van der Waals surface area contributed by atoms with E-state index in [1.165, 1.54) is 0 Å². The zero-order valence-corrected chi connectivity index (χ0v) is 11.8. The quantitative estimate of drug-likeness (QED) is 0.754. The molecule has 0 spiro atoms. The van der Waals surface area contributed by atoms with E-state index in [0.29, 0.717) is 26.1 Å². The van der Waals surface area contributed by atoms with E-state index in [4.69, 9.17) is 10.5 Å². The minimum atomic E-state index is 0.0148. The molecule has 0 heterocycles. The van der Waals surface area contributed by atoms with Crippen molar-refractivity contribution >= 4 is 5.91 Å². The first-order valence-electron chi connectivity index (χ1n) is 6.68. The third-order valence-corrected chi connectivity index (χ3v) is 2.93. The number of rotatable bonds is 8. The Bertz CT molecular complexity index is 377. The monoisotopic (exact) mass is 264 g/mol. The first-order chi connectivity index (χ1) is 9.03. The summed E-state index contributed by atoms with van der Waals surface area (Å²) in [4.78, 5) is 11.7. The van der Waals surface area contributed by atoms with Gasteiger partial charge in [-0.2, -0.15) is 0 Å². The van der Waals surface area contributed by atoms with Crippen molar-refractivity contribution in [1.29, 1.82) is 0 Å². The normalized spacial score (nSPS) is 11.1. The van der Waals surface area contributed by atoms with Crippen molar-refractivity contribution in [2.45, 2.75) is 26.7 Å². The fourth-order valence-electron chi connectivity index (χ4n) is 1.68. The number of para-hydroxylation sites is 1. The van der Waals surface area contributed by atoms with E-state index >= 15 is 0 Å². The molecule has 0 aliphatic heterocycles. The molecule has 0 fully saturated rings. The number of carbonyl (C=O) groups is 1. The van der Waals surface area contributed by atoms with Gasteiger partial charge in [0.2, 0.25) is 5.91 Å². The lowest BCUT2D eigenvalue weighted by molar-refractivity contribution is -0.122. The maximum Gasteiger partial charge on any atom is 0.223 e. The second-order valence-electron chi connectivity index (χ2n) is 5.39. The highest BCUT2D eigenvalue weighted by molar-refractivity contribution is 5.76. The van der Waals surface area contributed by atoms with Gasteiger partial charge in [-0.25, -0.2) is 0 Å². The molecule has 0 radical (unpaired) electrons. The average molecular weight is 264 g/mol. The van der Waals surface area contributed by atoms with E-state index in [-0.39, 0.29) is 11.3 Å². The van der Waals surface area contributed by atoms with E-state index in [9.17, 15) is 4.79 Å². The van der Waals surface area contributed by atoms with E-state index in [2.05, 4.69) is 19.2 Å². The van der Waals surface area contributed by atoms with E-state index < -0.39 is 0 Å². The summed E-state index contributed by atoms with van der Waals surface area (Å²) in [6.45, 7) is 5.88. The lowest BCUT2D eigenvalue weighted by Crippen LogP contribution is -2.35. The van der Waals surface area contributed by atoms with Crippen molar-refractivity contribution in [2.75, 3.05) is 19.7 Å². The molecule has 19 heavy (non-hydrogen) atoms. The number of nitrogens with one attached hydrogen (secondary N) is 1. The van der Waals surface area contributed by atoms with Gasteiger partial charge in [0.25, 0.3) is 0 Å². The van der Waals surface area contributed by atoms with Crippen LogP contribution in [-0.4, -0.2) is 25.6 Å². The molecule has 0 unspecified atom stereocenters. The minimum Gasteiger partial charge on any atom is -0.493 e. The third-order valence-electron chi connectivity index (χ3n) is 2.93. The van der Waals surface area contributed by atoms with Crippen LogP contribution in [0.1, 0.15) is 26.7 Å². The topological polar surface area (TPSA) is 64.3 Å². The first-order valence-corrected chi connectivity index (χ1v) is 6.68. The molecule has 106 valence electrons. The number of hydrogen-bond donors (Lipinski definition) is 2. The molecule has 0 saturated carbocycles. The SMILES string of the molecule is CC(C)(CCN)CNC(=O)CCOc1ccccc1. The van der Waals surface area contributed by atoms with Gasteiger partial charge in [-0.05, 0) is 30.5 Å². The maximum absolute atomic E-state index is 11.7. The summed E-state index contributed by atoms with van der Waals surface area (Å²) >= 11 is 0. The van der Waals surface area contributed by atoms with Crippen molar-refractivity contribution in [3.05, 3.63) is 30.3 Å². The number of ether oxygens (including phenoxy) is 1. The second-order valence-corrected chi connectivity index (χ2v) is 5.39. The smallest absolute Gasteiger partial charge is 0.223 e. The van der Waals surface area contributed by atoms with Crippen molar-refractivity contribution in [2.24, 2.45) is 11.1 Å². The van der Waals surface area contributed by atoms with Gasteiger partial charge in [0.15, 0.2) is 0 Å². The summed E-state index contributed by atoms with van der Waals surface area (Å²) in [7, 11) is 0. The number of hydrogen-bond acceptors (Lipinski definition) is 3. The highest BCUT2D eigenvalue weighted by Crippen LogP contribution is 2.17. The Kier molecular flexibility index (Phi) is 6.36. The van der Waals surface area contributed by atoms with Crippen LogP contribution < -0.4 is 15.8 Å². The standard InChI is InChI=1S/C15H24N2O2/c1-15(2,9-10-16)12-17-14(18)8-11-19-13-6-4-3-5-7-13/h3-7H,8-12,16H2,1-2H3,(H,17,18). The Balaban J connectivity index is 2.18. The Morgan fingerprint density at radius 1 is 1.32 bits per heavy atom. The lowest BCUT2D eigenvalue weighted by atomic mass is 9.89. The van der Waals surface area contributed by atoms with Crippen molar-refractivity contribution in [3.63, 3.8) is 0 Å². The Hall–Kier alpha value is -1.55. The van der Waals surface area contributed by atoms with Crippen LogP contribution in [-0.2, 0) is 4.79 Å². The predicted molar refractivity (Wildman–Crippen MR) is 77.0 cm³/mol.